The molecule has 1 aliphatic rings. The highest BCUT2D eigenvalue weighted by molar-refractivity contribution is 5.97. The van der Waals surface area contributed by atoms with Crippen LogP contribution in [0, 0.1) is 5.92 Å². The van der Waals surface area contributed by atoms with Gasteiger partial charge in [-0.1, -0.05) is 36.4 Å². The minimum absolute atomic E-state index is 0.0986. The van der Waals surface area contributed by atoms with Gasteiger partial charge in [0.2, 0.25) is 5.88 Å². The summed E-state index contributed by atoms with van der Waals surface area (Å²) < 4.78 is 5.40. The first-order chi connectivity index (χ1) is 19.6. The molecule has 0 saturated carbocycles. The third-order valence-corrected chi connectivity index (χ3v) is 7.44. The fourth-order valence-electron chi connectivity index (χ4n) is 5.35. The Kier molecular flexibility index (Phi) is 7.16. The summed E-state index contributed by atoms with van der Waals surface area (Å²) >= 11 is 0. The molecule has 5 aromatic rings. The number of phenolic OH excluding ortho intramolecular Hbond substituents is 1. The molecule has 8 nitrogen and oxygen atoms in total. The number of rotatable bonds is 8. The summed E-state index contributed by atoms with van der Waals surface area (Å²) in [7, 11) is 1.58. The van der Waals surface area contributed by atoms with Crippen LogP contribution in [0.2, 0.25) is 0 Å². The van der Waals surface area contributed by atoms with Crippen LogP contribution in [0.3, 0.4) is 0 Å². The molecule has 1 saturated heterocycles. The maximum absolute atomic E-state index is 13.0. The molecule has 2 aromatic heterocycles. The quantitative estimate of drug-likeness (QED) is 0.252. The molecule has 1 unspecified atom stereocenters. The van der Waals surface area contributed by atoms with Crippen molar-refractivity contribution in [2.45, 2.75) is 13.0 Å². The van der Waals surface area contributed by atoms with E-state index in [-0.39, 0.29) is 11.7 Å². The Morgan fingerprint density at radius 3 is 2.80 bits per heavy atom. The number of pyridine rings is 1. The number of nitrogens with zero attached hydrogens (tertiary/aromatic N) is 3. The molecular formula is C32H31N5O3. The van der Waals surface area contributed by atoms with Crippen LogP contribution in [0.1, 0.15) is 22.3 Å². The number of carbonyl (C=O) groups excluding carboxylic acids is 1. The molecule has 3 N–H and O–H groups in total. The molecule has 0 radical (unpaired) electrons. The molecule has 8 heteroatoms. The smallest absolute Gasteiger partial charge is 0.251 e. The molecule has 3 heterocycles. The summed E-state index contributed by atoms with van der Waals surface area (Å²) in [6.07, 6.45) is 2.74. The van der Waals surface area contributed by atoms with Gasteiger partial charge in [-0.05, 0) is 72.5 Å². The number of aromatic hydroxyl groups is 1. The predicted molar refractivity (Wildman–Crippen MR) is 155 cm³/mol. The molecule has 1 amide bonds. The SMILES string of the molecule is COc1ncccc1-c1ccc(O)c(-c2nc3ccc(C(=O)NCC4CCN(Cc5ccccc5)C4)cc3[nH]2)c1. The van der Waals surface area contributed by atoms with Crippen molar-refractivity contribution in [2.75, 3.05) is 26.7 Å². The number of aromatic nitrogens is 3. The third-order valence-electron chi connectivity index (χ3n) is 7.44. The molecule has 0 aliphatic carbocycles. The van der Waals surface area contributed by atoms with E-state index in [0.29, 0.717) is 40.8 Å². The van der Waals surface area contributed by atoms with Crippen LogP contribution in [0.15, 0.2) is 85.1 Å². The molecule has 1 atom stereocenters. The second-order valence-corrected chi connectivity index (χ2v) is 10.2. The van der Waals surface area contributed by atoms with Crippen LogP contribution < -0.4 is 10.1 Å². The molecule has 40 heavy (non-hydrogen) atoms. The van der Waals surface area contributed by atoms with Gasteiger partial charge in [-0.15, -0.1) is 0 Å². The van der Waals surface area contributed by atoms with Gasteiger partial charge in [-0.25, -0.2) is 9.97 Å². The van der Waals surface area contributed by atoms with Gasteiger partial charge in [0, 0.05) is 37.0 Å². The Morgan fingerprint density at radius 2 is 1.95 bits per heavy atom. The number of amides is 1. The van der Waals surface area contributed by atoms with Gasteiger partial charge in [0.1, 0.15) is 11.6 Å². The van der Waals surface area contributed by atoms with Crippen LogP contribution in [0.5, 0.6) is 11.6 Å². The first-order valence-corrected chi connectivity index (χ1v) is 13.4. The first-order valence-electron chi connectivity index (χ1n) is 13.4. The summed E-state index contributed by atoms with van der Waals surface area (Å²) in [5.41, 5.74) is 5.52. The average Bonchev–Trinajstić information content (AvgIpc) is 3.63. The average molecular weight is 534 g/mol. The highest BCUT2D eigenvalue weighted by Gasteiger charge is 2.23. The summed E-state index contributed by atoms with van der Waals surface area (Å²) in [6, 6.07) is 25.0. The summed E-state index contributed by atoms with van der Waals surface area (Å²) in [5.74, 6) is 1.44. The minimum atomic E-state index is -0.104. The van der Waals surface area contributed by atoms with E-state index in [1.807, 2.05) is 42.5 Å². The number of nitrogens with one attached hydrogen (secondary N) is 2. The van der Waals surface area contributed by atoms with E-state index < -0.39 is 0 Å². The molecule has 3 aromatic carbocycles. The topological polar surface area (TPSA) is 103 Å². The van der Waals surface area contributed by atoms with E-state index in [2.05, 4.69) is 49.4 Å². The lowest BCUT2D eigenvalue weighted by molar-refractivity contribution is 0.0947. The Bertz CT molecular complexity index is 1650. The highest BCUT2D eigenvalue weighted by Crippen LogP contribution is 2.35. The fraction of sp³-hybridized carbons (Fsp3) is 0.219. The lowest BCUT2D eigenvalue weighted by Gasteiger charge is -2.16. The van der Waals surface area contributed by atoms with Gasteiger partial charge in [-0.2, -0.15) is 0 Å². The second-order valence-electron chi connectivity index (χ2n) is 10.2. The number of aromatic amines is 1. The number of ether oxygens (including phenoxy) is 1. The van der Waals surface area contributed by atoms with Gasteiger partial charge in [-0.3, -0.25) is 9.69 Å². The molecule has 202 valence electrons. The number of methoxy groups -OCH3 is 1. The fourth-order valence-corrected chi connectivity index (χ4v) is 5.35. The Labute approximate surface area is 232 Å². The van der Waals surface area contributed by atoms with Crippen molar-refractivity contribution in [1.29, 1.82) is 0 Å². The van der Waals surface area contributed by atoms with E-state index in [9.17, 15) is 9.90 Å². The minimum Gasteiger partial charge on any atom is -0.507 e. The molecule has 0 bridgehead atoms. The zero-order valence-corrected chi connectivity index (χ0v) is 22.3. The first kappa shape index (κ1) is 25.6. The number of H-pyrrole nitrogens is 1. The number of imidazole rings is 1. The van der Waals surface area contributed by atoms with Gasteiger partial charge in [0.05, 0.1) is 23.7 Å². The number of hydrogen-bond acceptors (Lipinski definition) is 6. The van der Waals surface area contributed by atoms with Crippen molar-refractivity contribution in [1.82, 2.24) is 25.2 Å². The third kappa shape index (κ3) is 5.39. The molecule has 6 rings (SSSR count). The molecule has 1 fully saturated rings. The van der Waals surface area contributed by atoms with E-state index in [1.165, 1.54) is 5.56 Å². The van der Waals surface area contributed by atoms with E-state index in [4.69, 9.17) is 4.74 Å². The van der Waals surface area contributed by atoms with Crippen molar-refractivity contribution in [3.63, 3.8) is 0 Å². The van der Waals surface area contributed by atoms with Crippen molar-refractivity contribution >= 4 is 16.9 Å². The van der Waals surface area contributed by atoms with E-state index >= 15 is 0 Å². The largest absolute Gasteiger partial charge is 0.507 e. The van der Waals surface area contributed by atoms with E-state index in [0.717, 1.165) is 42.7 Å². The number of hydrogen-bond donors (Lipinski definition) is 3. The van der Waals surface area contributed by atoms with Crippen molar-refractivity contribution in [3.05, 3.63) is 96.2 Å². The van der Waals surface area contributed by atoms with Crippen LogP contribution in [-0.4, -0.2) is 57.6 Å². The number of carbonyl (C=O) groups is 1. The van der Waals surface area contributed by atoms with Crippen molar-refractivity contribution < 1.29 is 14.6 Å². The van der Waals surface area contributed by atoms with Gasteiger partial charge in [0.25, 0.3) is 5.91 Å². The van der Waals surface area contributed by atoms with Gasteiger partial charge < -0.3 is 20.1 Å². The van der Waals surface area contributed by atoms with Crippen LogP contribution in [0.25, 0.3) is 33.5 Å². The Hall–Kier alpha value is -4.69. The molecule has 0 spiro atoms. The number of benzene rings is 3. The van der Waals surface area contributed by atoms with Gasteiger partial charge in [0.15, 0.2) is 0 Å². The summed E-state index contributed by atoms with van der Waals surface area (Å²) in [4.78, 5) is 27.7. The maximum Gasteiger partial charge on any atom is 0.251 e. The zero-order valence-electron chi connectivity index (χ0n) is 22.3. The zero-order chi connectivity index (χ0) is 27.5. The number of fused-ring (bicyclic) bond motifs is 1. The maximum atomic E-state index is 13.0. The van der Waals surface area contributed by atoms with E-state index in [1.54, 1.807) is 25.4 Å². The van der Waals surface area contributed by atoms with Crippen molar-refractivity contribution in [3.8, 4) is 34.1 Å². The lowest BCUT2D eigenvalue weighted by Crippen LogP contribution is -2.30. The van der Waals surface area contributed by atoms with Crippen LogP contribution in [0.4, 0.5) is 0 Å². The van der Waals surface area contributed by atoms with Crippen molar-refractivity contribution in [2.24, 2.45) is 5.92 Å². The Morgan fingerprint density at radius 1 is 1.07 bits per heavy atom. The summed E-state index contributed by atoms with van der Waals surface area (Å²) in [6.45, 7) is 3.61. The van der Waals surface area contributed by atoms with Crippen LogP contribution >= 0.6 is 0 Å². The lowest BCUT2D eigenvalue weighted by atomic mass is 10.0. The predicted octanol–water partition coefficient (Wildman–Crippen LogP) is 5.26. The Balaban J connectivity index is 1.14. The van der Waals surface area contributed by atoms with Crippen LogP contribution in [-0.2, 0) is 6.54 Å². The van der Waals surface area contributed by atoms with Gasteiger partial charge >= 0.3 is 0 Å². The molecule has 1 aliphatic heterocycles. The standard InChI is InChI=1S/C32H31N5O3/c1-40-32-25(8-5-14-33-32)23-10-12-29(38)26(16-23)30-35-27-11-9-24(17-28(27)36-30)31(39)34-18-22-13-15-37(20-22)19-21-6-3-2-4-7-21/h2-12,14,16-17,22,38H,13,15,18-20H2,1H3,(H,34,39)(H,35,36). The second kappa shape index (κ2) is 11.2. The number of likely N-dealkylation sites (tertiary alicyclic amines) is 1. The normalized spacial score (nSPS) is 15.4. The number of phenols is 1. The summed E-state index contributed by atoms with van der Waals surface area (Å²) in [5, 5.41) is 13.7. The monoisotopic (exact) mass is 533 g/mol. The molecular weight excluding hydrogens is 502 g/mol. The highest BCUT2D eigenvalue weighted by atomic mass is 16.5.